The molecule has 2 aromatic carbocycles. The molecule has 2 amide bonds. The Morgan fingerprint density at radius 1 is 1.00 bits per heavy atom. The molecular formula is C23H26N2O2S. The Hall–Kier alpha value is -2.27. The average molecular weight is 395 g/mol. The van der Waals surface area contributed by atoms with Gasteiger partial charge < -0.3 is 9.80 Å². The first-order chi connectivity index (χ1) is 13.7. The van der Waals surface area contributed by atoms with E-state index in [1.807, 2.05) is 35.2 Å². The van der Waals surface area contributed by atoms with E-state index in [-0.39, 0.29) is 18.4 Å². The predicted octanol–water partition coefficient (Wildman–Crippen LogP) is 4.00. The second-order valence-electron chi connectivity index (χ2n) is 7.56. The lowest BCUT2D eigenvalue weighted by Gasteiger charge is -2.33. The first-order valence-electron chi connectivity index (χ1n) is 10.0. The molecule has 28 heavy (non-hydrogen) atoms. The van der Waals surface area contributed by atoms with Crippen molar-refractivity contribution < 1.29 is 9.59 Å². The van der Waals surface area contributed by atoms with Crippen LogP contribution in [0, 0.1) is 5.92 Å². The summed E-state index contributed by atoms with van der Waals surface area (Å²) in [4.78, 5) is 30.2. The molecule has 2 aliphatic heterocycles. The van der Waals surface area contributed by atoms with Gasteiger partial charge in [0.1, 0.15) is 6.54 Å². The third-order valence-corrected chi connectivity index (χ3v) is 6.72. The van der Waals surface area contributed by atoms with Crippen LogP contribution in [0.4, 0.5) is 5.69 Å². The summed E-state index contributed by atoms with van der Waals surface area (Å²) in [6, 6.07) is 18.5. The molecule has 0 unspecified atom stereocenters. The average Bonchev–Trinajstić information content (AvgIpc) is 2.88. The van der Waals surface area contributed by atoms with Crippen LogP contribution in [0.1, 0.15) is 24.8 Å². The largest absolute Gasteiger partial charge is 0.341 e. The highest BCUT2D eigenvalue weighted by molar-refractivity contribution is 7.99. The number of carbonyl (C=O) groups excluding carboxylic acids is 2. The van der Waals surface area contributed by atoms with Gasteiger partial charge in [0, 0.05) is 30.2 Å². The molecule has 0 N–H and O–H groups in total. The van der Waals surface area contributed by atoms with Gasteiger partial charge in [-0.25, -0.2) is 0 Å². The van der Waals surface area contributed by atoms with Gasteiger partial charge in [0.05, 0.1) is 5.69 Å². The number of likely N-dealkylation sites (tertiary alicyclic amines) is 1. The van der Waals surface area contributed by atoms with E-state index in [2.05, 4.69) is 24.3 Å². The number of para-hydroxylation sites is 1. The van der Waals surface area contributed by atoms with Crippen LogP contribution in [-0.4, -0.2) is 42.1 Å². The highest BCUT2D eigenvalue weighted by atomic mass is 32.2. The molecule has 1 fully saturated rings. The summed E-state index contributed by atoms with van der Waals surface area (Å²) in [6.45, 7) is 1.73. The first-order valence-corrected chi connectivity index (χ1v) is 11.0. The van der Waals surface area contributed by atoms with E-state index in [9.17, 15) is 9.59 Å². The zero-order valence-corrected chi connectivity index (χ0v) is 16.9. The van der Waals surface area contributed by atoms with Gasteiger partial charge in [-0.3, -0.25) is 9.59 Å². The van der Waals surface area contributed by atoms with Gasteiger partial charge in [-0.05, 0) is 42.9 Å². The SMILES string of the molecule is O=C(CN1C(=O)CCSc2ccccc21)N1CCC(Cc2ccccc2)CC1. The van der Waals surface area contributed by atoms with E-state index in [0.717, 1.165) is 48.7 Å². The van der Waals surface area contributed by atoms with E-state index in [1.165, 1.54) is 5.56 Å². The summed E-state index contributed by atoms with van der Waals surface area (Å²) in [5, 5.41) is 0. The van der Waals surface area contributed by atoms with Gasteiger partial charge in [-0.15, -0.1) is 11.8 Å². The number of benzene rings is 2. The molecule has 146 valence electrons. The van der Waals surface area contributed by atoms with Gasteiger partial charge in [-0.1, -0.05) is 42.5 Å². The number of thioether (sulfide) groups is 1. The maximum absolute atomic E-state index is 12.9. The predicted molar refractivity (Wildman–Crippen MR) is 114 cm³/mol. The fourth-order valence-electron chi connectivity index (χ4n) is 4.06. The van der Waals surface area contributed by atoms with Crippen LogP contribution in [0.5, 0.6) is 0 Å². The molecule has 4 nitrogen and oxygen atoms in total. The van der Waals surface area contributed by atoms with Crippen molar-refractivity contribution in [1.29, 1.82) is 0 Å². The van der Waals surface area contributed by atoms with Crippen molar-refractivity contribution in [3.05, 3.63) is 60.2 Å². The molecule has 0 spiro atoms. The second-order valence-corrected chi connectivity index (χ2v) is 8.70. The summed E-state index contributed by atoms with van der Waals surface area (Å²) in [6.07, 6.45) is 3.62. The molecule has 0 bridgehead atoms. The van der Waals surface area contributed by atoms with Crippen molar-refractivity contribution in [2.75, 3.05) is 30.3 Å². The third-order valence-electron chi connectivity index (χ3n) is 5.66. The Labute approximate surface area is 170 Å². The normalized spacial score (nSPS) is 17.9. The molecule has 1 saturated heterocycles. The number of anilines is 1. The van der Waals surface area contributed by atoms with Crippen LogP contribution in [-0.2, 0) is 16.0 Å². The van der Waals surface area contributed by atoms with Crippen molar-refractivity contribution in [1.82, 2.24) is 4.90 Å². The van der Waals surface area contributed by atoms with Gasteiger partial charge in [0.25, 0.3) is 0 Å². The number of hydrogen-bond donors (Lipinski definition) is 0. The minimum atomic E-state index is 0.0461. The van der Waals surface area contributed by atoms with E-state index >= 15 is 0 Å². The first kappa shape index (κ1) is 19.1. The van der Waals surface area contributed by atoms with E-state index in [4.69, 9.17) is 0 Å². The number of fused-ring (bicyclic) bond motifs is 1. The van der Waals surface area contributed by atoms with Crippen LogP contribution in [0.25, 0.3) is 0 Å². The quantitative estimate of drug-likeness (QED) is 0.787. The number of piperidine rings is 1. The molecule has 0 aliphatic carbocycles. The van der Waals surface area contributed by atoms with Crippen molar-refractivity contribution >= 4 is 29.3 Å². The molecule has 2 aromatic rings. The van der Waals surface area contributed by atoms with Gasteiger partial charge in [-0.2, -0.15) is 0 Å². The minimum Gasteiger partial charge on any atom is -0.341 e. The zero-order valence-electron chi connectivity index (χ0n) is 16.0. The number of amides is 2. The lowest BCUT2D eigenvalue weighted by atomic mass is 9.90. The molecule has 0 aromatic heterocycles. The highest BCUT2D eigenvalue weighted by Gasteiger charge is 2.28. The van der Waals surface area contributed by atoms with E-state index in [0.29, 0.717) is 12.3 Å². The van der Waals surface area contributed by atoms with Gasteiger partial charge in [0.15, 0.2) is 0 Å². The van der Waals surface area contributed by atoms with Crippen LogP contribution in [0.15, 0.2) is 59.5 Å². The minimum absolute atomic E-state index is 0.0461. The van der Waals surface area contributed by atoms with Crippen molar-refractivity contribution in [3.8, 4) is 0 Å². The van der Waals surface area contributed by atoms with Crippen molar-refractivity contribution in [2.45, 2.75) is 30.6 Å². The van der Waals surface area contributed by atoms with Gasteiger partial charge >= 0.3 is 0 Å². The molecule has 0 atom stereocenters. The molecule has 5 heteroatoms. The lowest BCUT2D eigenvalue weighted by molar-refractivity contribution is -0.132. The smallest absolute Gasteiger partial charge is 0.242 e. The monoisotopic (exact) mass is 394 g/mol. The van der Waals surface area contributed by atoms with Crippen LogP contribution < -0.4 is 4.90 Å². The zero-order chi connectivity index (χ0) is 19.3. The lowest BCUT2D eigenvalue weighted by Crippen LogP contribution is -2.46. The third kappa shape index (κ3) is 4.41. The summed E-state index contributed by atoms with van der Waals surface area (Å²) in [5.74, 6) is 1.51. The number of hydrogen-bond acceptors (Lipinski definition) is 3. The maximum Gasteiger partial charge on any atom is 0.242 e. The fourth-order valence-corrected chi connectivity index (χ4v) is 5.06. The Balaban J connectivity index is 1.36. The molecule has 0 saturated carbocycles. The fraction of sp³-hybridized carbons (Fsp3) is 0.391. The molecule has 0 radical (unpaired) electrons. The Kier molecular flexibility index (Phi) is 6.01. The molecule has 2 heterocycles. The Bertz CT molecular complexity index is 832. The maximum atomic E-state index is 12.9. The second kappa shape index (κ2) is 8.82. The summed E-state index contributed by atoms with van der Waals surface area (Å²) in [7, 11) is 0. The highest BCUT2D eigenvalue weighted by Crippen LogP contribution is 2.34. The van der Waals surface area contributed by atoms with E-state index in [1.54, 1.807) is 16.7 Å². The summed E-state index contributed by atoms with van der Waals surface area (Å²) in [5.41, 5.74) is 2.25. The molecular weight excluding hydrogens is 368 g/mol. The standard InChI is InChI=1S/C23H26N2O2S/c26-22-12-15-28-21-9-5-4-8-20(21)25(22)17-23(27)24-13-10-19(11-14-24)16-18-6-2-1-3-7-18/h1-9,19H,10-17H2. The van der Waals surface area contributed by atoms with Crippen molar-refractivity contribution in [3.63, 3.8) is 0 Å². The molecule has 4 rings (SSSR count). The Morgan fingerprint density at radius 2 is 1.71 bits per heavy atom. The van der Waals surface area contributed by atoms with Crippen LogP contribution in [0.3, 0.4) is 0 Å². The van der Waals surface area contributed by atoms with Crippen LogP contribution >= 0.6 is 11.8 Å². The van der Waals surface area contributed by atoms with Gasteiger partial charge in [0.2, 0.25) is 11.8 Å². The summed E-state index contributed by atoms with van der Waals surface area (Å²) >= 11 is 1.69. The van der Waals surface area contributed by atoms with E-state index < -0.39 is 0 Å². The number of nitrogens with zero attached hydrogens (tertiary/aromatic N) is 2. The van der Waals surface area contributed by atoms with Crippen LogP contribution in [0.2, 0.25) is 0 Å². The molecule has 2 aliphatic rings. The summed E-state index contributed by atoms with van der Waals surface area (Å²) < 4.78 is 0. The number of carbonyl (C=O) groups is 2. The van der Waals surface area contributed by atoms with Crippen molar-refractivity contribution in [2.24, 2.45) is 5.92 Å². The number of rotatable bonds is 4. The Morgan fingerprint density at radius 3 is 2.50 bits per heavy atom. The topological polar surface area (TPSA) is 40.6 Å².